The molecule has 0 N–H and O–H groups in total. The lowest BCUT2D eigenvalue weighted by Crippen LogP contribution is -2.35. The molecule has 3 amide bonds. The van der Waals surface area contributed by atoms with E-state index in [-0.39, 0.29) is 24.5 Å². The van der Waals surface area contributed by atoms with Crippen molar-refractivity contribution in [2.24, 2.45) is 0 Å². The van der Waals surface area contributed by atoms with Crippen molar-refractivity contribution < 1.29 is 14.4 Å². The average molecular weight is 196 g/mol. The highest BCUT2D eigenvalue weighted by atomic mass is 16.2. The van der Waals surface area contributed by atoms with Crippen molar-refractivity contribution >= 4 is 18.2 Å². The first-order valence-electron chi connectivity index (χ1n) is 4.78. The quantitative estimate of drug-likeness (QED) is 0.470. The summed E-state index contributed by atoms with van der Waals surface area (Å²) in [6.45, 7) is 0.500. The second-order valence-electron chi connectivity index (χ2n) is 3.65. The van der Waals surface area contributed by atoms with E-state index < -0.39 is 0 Å². The molecule has 1 saturated carbocycles. The number of carbonyl (C=O) groups excluding carboxylic acids is 3. The predicted octanol–water partition coefficient (Wildman–Crippen LogP) is 0.00200. The smallest absolute Gasteiger partial charge is 0.315 e. The maximum Gasteiger partial charge on any atom is 0.327 e. The van der Waals surface area contributed by atoms with Gasteiger partial charge in [0.25, 0.3) is 5.91 Å². The first-order valence-corrected chi connectivity index (χ1v) is 4.78. The Morgan fingerprint density at radius 1 is 1.36 bits per heavy atom. The van der Waals surface area contributed by atoms with E-state index in [9.17, 15) is 14.4 Å². The van der Waals surface area contributed by atoms with Gasteiger partial charge in [-0.15, -0.1) is 0 Å². The molecule has 1 heterocycles. The van der Waals surface area contributed by atoms with E-state index in [4.69, 9.17) is 0 Å². The van der Waals surface area contributed by atoms with E-state index in [0.29, 0.717) is 13.0 Å². The molecular weight excluding hydrogens is 184 g/mol. The summed E-state index contributed by atoms with van der Waals surface area (Å²) in [5.41, 5.74) is 0. The molecule has 14 heavy (non-hydrogen) atoms. The number of rotatable bonds is 4. The molecule has 76 valence electrons. The molecule has 1 aliphatic carbocycles. The summed E-state index contributed by atoms with van der Waals surface area (Å²) >= 11 is 0. The number of nitrogens with zero attached hydrogens (tertiary/aromatic N) is 2. The fourth-order valence-electron chi connectivity index (χ4n) is 1.64. The molecule has 0 radical (unpaired) electrons. The molecule has 0 aromatic carbocycles. The Balaban J connectivity index is 1.99. The van der Waals surface area contributed by atoms with Crippen LogP contribution < -0.4 is 0 Å². The number of hydrogen-bond acceptors (Lipinski definition) is 3. The van der Waals surface area contributed by atoms with Gasteiger partial charge < -0.3 is 9.69 Å². The van der Waals surface area contributed by atoms with Crippen LogP contribution in [0.25, 0.3) is 0 Å². The Kier molecular flexibility index (Phi) is 2.23. The van der Waals surface area contributed by atoms with Crippen LogP contribution in [0.2, 0.25) is 0 Å². The summed E-state index contributed by atoms with van der Waals surface area (Å²) in [6.07, 6.45) is 2.92. The van der Waals surface area contributed by atoms with Crippen molar-refractivity contribution in [1.82, 2.24) is 9.80 Å². The Bertz CT molecular complexity index is 286. The Morgan fingerprint density at radius 3 is 2.64 bits per heavy atom. The molecule has 2 fully saturated rings. The summed E-state index contributed by atoms with van der Waals surface area (Å²) in [4.78, 5) is 36.0. The third-order valence-electron chi connectivity index (χ3n) is 2.50. The van der Waals surface area contributed by atoms with Gasteiger partial charge in [0.05, 0.1) is 0 Å². The largest absolute Gasteiger partial charge is 0.327 e. The fraction of sp³-hybridized carbons (Fsp3) is 0.667. The van der Waals surface area contributed by atoms with E-state index in [1.807, 2.05) is 0 Å². The zero-order valence-electron chi connectivity index (χ0n) is 7.81. The van der Waals surface area contributed by atoms with Crippen LogP contribution in [0.4, 0.5) is 4.79 Å². The number of amides is 3. The summed E-state index contributed by atoms with van der Waals surface area (Å²) in [5, 5.41) is 0. The van der Waals surface area contributed by atoms with Crippen molar-refractivity contribution in [2.45, 2.75) is 25.3 Å². The van der Waals surface area contributed by atoms with Gasteiger partial charge in [-0.25, -0.2) is 4.79 Å². The number of carbonyl (C=O) groups is 3. The van der Waals surface area contributed by atoms with E-state index in [2.05, 4.69) is 0 Å². The van der Waals surface area contributed by atoms with Gasteiger partial charge in [0.1, 0.15) is 12.8 Å². The molecule has 0 atom stereocenters. The number of aldehydes is 1. The maximum atomic E-state index is 11.6. The molecular formula is C9H12N2O3. The average Bonchev–Trinajstić information content (AvgIpc) is 2.92. The Hall–Kier alpha value is -1.39. The van der Waals surface area contributed by atoms with Gasteiger partial charge in [0.2, 0.25) is 0 Å². The van der Waals surface area contributed by atoms with Gasteiger partial charge in [-0.05, 0) is 12.8 Å². The van der Waals surface area contributed by atoms with Crippen LogP contribution in [0.15, 0.2) is 0 Å². The van der Waals surface area contributed by atoms with Crippen LogP contribution in [0, 0.1) is 0 Å². The van der Waals surface area contributed by atoms with E-state index in [1.165, 1.54) is 9.80 Å². The van der Waals surface area contributed by atoms with Gasteiger partial charge >= 0.3 is 6.03 Å². The van der Waals surface area contributed by atoms with Crippen molar-refractivity contribution in [2.75, 3.05) is 13.1 Å². The molecule has 2 aliphatic rings. The van der Waals surface area contributed by atoms with Gasteiger partial charge in [0.15, 0.2) is 0 Å². The normalized spacial score (nSPS) is 22.0. The lowest BCUT2D eigenvalue weighted by Gasteiger charge is -2.15. The second-order valence-corrected chi connectivity index (χ2v) is 3.65. The zero-order valence-corrected chi connectivity index (χ0v) is 7.81. The standard InChI is InChI=1S/C9H12N2O3/c12-5-1-4-10-6-8(13)11(9(10)14)7-2-3-7/h5,7H,1-4,6H2. The molecule has 5 heteroatoms. The van der Waals surface area contributed by atoms with Crippen LogP contribution in [-0.2, 0) is 9.59 Å². The molecule has 0 spiro atoms. The monoisotopic (exact) mass is 196 g/mol. The lowest BCUT2D eigenvalue weighted by molar-refractivity contribution is -0.125. The van der Waals surface area contributed by atoms with Gasteiger partial charge in [-0.1, -0.05) is 0 Å². The molecule has 0 aromatic rings. The van der Waals surface area contributed by atoms with E-state index >= 15 is 0 Å². The highest BCUT2D eigenvalue weighted by Gasteiger charge is 2.44. The lowest BCUT2D eigenvalue weighted by atomic mass is 10.4. The minimum atomic E-state index is -0.223. The maximum absolute atomic E-state index is 11.6. The predicted molar refractivity (Wildman–Crippen MR) is 47.5 cm³/mol. The minimum Gasteiger partial charge on any atom is -0.315 e. The third kappa shape index (κ3) is 1.49. The van der Waals surface area contributed by atoms with Gasteiger partial charge in [0, 0.05) is 19.0 Å². The van der Waals surface area contributed by atoms with Crippen LogP contribution in [0.3, 0.4) is 0 Å². The number of hydrogen-bond donors (Lipinski definition) is 0. The number of urea groups is 1. The first-order chi connectivity index (χ1) is 6.74. The molecule has 1 saturated heterocycles. The van der Waals surface area contributed by atoms with Crippen molar-refractivity contribution in [3.8, 4) is 0 Å². The summed E-state index contributed by atoms with van der Waals surface area (Å²) < 4.78 is 0. The van der Waals surface area contributed by atoms with Gasteiger partial charge in [-0.3, -0.25) is 9.69 Å². The van der Waals surface area contributed by atoms with E-state index in [1.54, 1.807) is 0 Å². The summed E-state index contributed by atoms with van der Waals surface area (Å²) in [5.74, 6) is -0.122. The third-order valence-corrected chi connectivity index (χ3v) is 2.50. The first kappa shape index (κ1) is 9.18. The van der Waals surface area contributed by atoms with Crippen LogP contribution in [0.5, 0.6) is 0 Å². The topological polar surface area (TPSA) is 57.7 Å². The van der Waals surface area contributed by atoms with Crippen molar-refractivity contribution in [3.63, 3.8) is 0 Å². The minimum absolute atomic E-state index is 0.122. The van der Waals surface area contributed by atoms with E-state index in [0.717, 1.165) is 19.1 Å². The highest BCUT2D eigenvalue weighted by molar-refractivity contribution is 6.02. The molecule has 5 nitrogen and oxygen atoms in total. The van der Waals surface area contributed by atoms with Gasteiger partial charge in [-0.2, -0.15) is 0 Å². The summed E-state index contributed by atoms with van der Waals surface area (Å²) in [6, 6.07) is -0.0874. The van der Waals surface area contributed by atoms with Crippen molar-refractivity contribution in [3.05, 3.63) is 0 Å². The molecule has 2 rings (SSSR count). The zero-order chi connectivity index (χ0) is 10.1. The Labute approximate surface area is 81.7 Å². The molecule has 0 aromatic heterocycles. The molecule has 0 unspecified atom stereocenters. The Morgan fingerprint density at radius 2 is 2.07 bits per heavy atom. The van der Waals surface area contributed by atoms with Crippen molar-refractivity contribution in [1.29, 1.82) is 0 Å². The molecule has 0 bridgehead atoms. The van der Waals surface area contributed by atoms with Crippen LogP contribution in [0.1, 0.15) is 19.3 Å². The summed E-state index contributed by atoms with van der Waals surface area (Å²) in [7, 11) is 0. The van der Waals surface area contributed by atoms with Crippen LogP contribution >= 0.6 is 0 Å². The van der Waals surface area contributed by atoms with Crippen LogP contribution in [-0.4, -0.2) is 47.2 Å². The highest BCUT2D eigenvalue weighted by Crippen LogP contribution is 2.30. The second kappa shape index (κ2) is 3.40. The fourth-order valence-corrected chi connectivity index (χ4v) is 1.64. The SMILES string of the molecule is O=CCCN1CC(=O)N(C2CC2)C1=O. The number of imide groups is 1. The molecule has 1 aliphatic heterocycles.